The molecule has 0 bridgehead atoms. The molecule has 0 unspecified atom stereocenters. The third-order valence-corrected chi connectivity index (χ3v) is 5.50. The Hall–Kier alpha value is -2.97. The van der Waals surface area contributed by atoms with Crippen LogP contribution in [0.3, 0.4) is 0 Å². The summed E-state index contributed by atoms with van der Waals surface area (Å²) in [5.41, 5.74) is 4.87. The third kappa shape index (κ3) is 2.79. The monoisotopic (exact) mass is 410 g/mol. The van der Waals surface area contributed by atoms with E-state index in [2.05, 4.69) is 20.2 Å². The molecule has 1 aliphatic rings. The number of nitrogens with zero attached hydrogens (tertiary/aromatic N) is 6. The molecule has 0 atom stereocenters. The molecule has 0 radical (unpaired) electrons. The molecule has 148 valence electrons. The smallest absolute Gasteiger partial charge is 0.258 e. The second-order valence-electron chi connectivity index (χ2n) is 7.56. The van der Waals surface area contributed by atoms with E-state index in [0.717, 1.165) is 28.2 Å². The maximum Gasteiger partial charge on any atom is 0.258 e. The van der Waals surface area contributed by atoms with Gasteiger partial charge in [-0.3, -0.25) is 4.68 Å². The van der Waals surface area contributed by atoms with Crippen LogP contribution in [0.1, 0.15) is 31.0 Å². The van der Waals surface area contributed by atoms with E-state index in [1.54, 1.807) is 13.4 Å². The minimum Gasteiger partial charge on any atom is -0.369 e. The minimum absolute atomic E-state index is 0.402. The van der Waals surface area contributed by atoms with Gasteiger partial charge in [-0.05, 0) is 32.0 Å². The predicted octanol–water partition coefficient (Wildman–Crippen LogP) is 3.76. The molecule has 0 amide bonds. The van der Waals surface area contributed by atoms with Crippen LogP contribution in [0.5, 0.6) is 0 Å². The van der Waals surface area contributed by atoms with Crippen molar-refractivity contribution < 1.29 is 9.26 Å². The number of imidazole rings is 1. The molecule has 29 heavy (non-hydrogen) atoms. The standard InChI is InChI=1S/C20H19ClN6O2/c1-20(2,28-4)19-23-18(25-29-19)17-15-7-11-9-26(3)24-16(11)13-8-12(21)5-6-14(13)27(15)10-22-17/h5-6,8-10H,7H2,1-4H3. The molecule has 0 saturated heterocycles. The number of aromatic nitrogens is 6. The van der Waals surface area contributed by atoms with Crippen molar-refractivity contribution in [1.82, 2.24) is 29.5 Å². The zero-order valence-corrected chi connectivity index (χ0v) is 17.2. The van der Waals surface area contributed by atoms with E-state index < -0.39 is 5.60 Å². The molecule has 4 heterocycles. The Labute approximate surface area is 172 Å². The van der Waals surface area contributed by atoms with Crippen molar-refractivity contribution in [1.29, 1.82) is 0 Å². The van der Waals surface area contributed by atoms with Crippen LogP contribution in [-0.4, -0.2) is 36.6 Å². The van der Waals surface area contributed by atoms with Gasteiger partial charge in [0.1, 0.15) is 17.6 Å². The maximum absolute atomic E-state index is 6.29. The summed E-state index contributed by atoms with van der Waals surface area (Å²) in [5.74, 6) is 0.835. The van der Waals surface area contributed by atoms with E-state index in [9.17, 15) is 0 Å². The van der Waals surface area contributed by atoms with Crippen LogP contribution in [-0.2, 0) is 23.8 Å². The predicted molar refractivity (Wildman–Crippen MR) is 107 cm³/mol. The summed E-state index contributed by atoms with van der Waals surface area (Å²) in [4.78, 5) is 9.15. The van der Waals surface area contributed by atoms with Crippen molar-refractivity contribution in [2.75, 3.05) is 7.11 Å². The quantitative estimate of drug-likeness (QED) is 0.450. The SMILES string of the molecule is COC(C)(C)c1nc(-c2ncn3c2Cc2cn(C)nc2-c2cc(Cl)ccc2-3)no1. The fourth-order valence-electron chi connectivity index (χ4n) is 3.57. The number of rotatable bonds is 3. The first kappa shape index (κ1) is 18.1. The van der Waals surface area contributed by atoms with E-state index in [1.165, 1.54) is 0 Å². The lowest BCUT2D eigenvalue weighted by molar-refractivity contribution is -0.00786. The largest absolute Gasteiger partial charge is 0.369 e. The second-order valence-corrected chi connectivity index (χ2v) is 8.00. The summed E-state index contributed by atoms with van der Waals surface area (Å²) >= 11 is 6.29. The van der Waals surface area contributed by atoms with E-state index in [0.29, 0.717) is 28.9 Å². The Kier molecular flexibility index (Phi) is 3.91. The zero-order chi connectivity index (χ0) is 20.3. The Balaban J connectivity index is 1.70. The van der Waals surface area contributed by atoms with Crippen LogP contribution >= 0.6 is 11.6 Å². The van der Waals surface area contributed by atoms with Crippen LogP contribution in [0.25, 0.3) is 28.5 Å². The molecule has 1 aromatic carbocycles. The Morgan fingerprint density at radius 1 is 1.24 bits per heavy atom. The van der Waals surface area contributed by atoms with Crippen LogP contribution in [0.4, 0.5) is 0 Å². The molecular weight excluding hydrogens is 392 g/mol. The molecule has 9 heteroatoms. The first-order valence-electron chi connectivity index (χ1n) is 9.16. The highest BCUT2D eigenvalue weighted by Crippen LogP contribution is 2.38. The van der Waals surface area contributed by atoms with Crippen molar-refractivity contribution in [2.24, 2.45) is 7.05 Å². The van der Waals surface area contributed by atoms with E-state index in [4.69, 9.17) is 20.9 Å². The summed E-state index contributed by atoms with van der Waals surface area (Å²) in [6, 6.07) is 5.78. The summed E-state index contributed by atoms with van der Waals surface area (Å²) < 4.78 is 14.8. The van der Waals surface area contributed by atoms with Gasteiger partial charge in [0.15, 0.2) is 0 Å². The average Bonchev–Trinajstić information content (AvgIpc) is 3.39. The van der Waals surface area contributed by atoms with Gasteiger partial charge in [-0.1, -0.05) is 16.8 Å². The molecule has 0 saturated carbocycles. The first-order chi connectivity index (χ1) is 13.9. The van der Waals surface area contributed by atoms with Crippen LogP contribution in [0.15, 0.2) is 35.2 Å². The summed E-state index contributed by atoms with van der Waals surface area (Å²) in [7, 11) is 3.52. The van der Waals surface area contributed by atoms with E-state index in [1.807, 2.05) is 54.5 Å². The Bertz CT molecular complexity index is 1240. The fourth-order valence-corrected chi connectivity index (χ4v) is 3.74. The van der Waals surface area contributed by atoms with Crippen molar-refractivity contribution in [3.05, 3.63) is 52.9 Å². The molecule has 0 N–H and O–H groups in total. The van der Waals surface area contributed by atoms with E-state index in [-0.39, 0.29) is 0 Å². The molecule has 8 nitrogen and oxygen atoms in total. The normalized spacial score (nSPS) is 13.0. The Morgan fingerprint density at radius 3 is 2.86 bits per heavy atom. The maximum atomic E-state index is 6.29. The van der Waals surface area contributed by atoms with Gasteiger partial charge in [0.05, 0.1) is 17.1 Å². The topological polar surface area (TPSA) is 83.8 Å². The number of fused-ring (bicyclic) bond motifs is 5. The molecule has 1 aliphatic heterocycles. The number of hydrogen-bond acceptors (Lipinski definition) is 6. The second kappa shape index (κ2) is 6.27. The van der Waals surface area contributed by atoms with Gasteiger partial charge in [0.2, 0.25) is 5.82 Å². The van der Waals surface area contributed by atoms with Gasteiger partial charge < -0.3 is 13.8 Å². The highest BCUT2D eigenvalue weighted by atomic mass is 35.5. The average molecular weight is 411 g/mol. The van der Waals surface area contributed by atoms with Crippen molar-refractivity contribution in [3.8, 4) is 28.5 Å². The highest BCUT2D eigenvalue weighted by molar-refractivity contribution is 6.31. The van der Waals surface area contributed by atoms with Gasteiger partial charge in [0, 0.05) is 42.9 Å². The molecule has 0 spiro atoms. The Morgan fingerprint density at radius 2 is 2.07 bits per heavy atom. The number of halogens is 1. The zero-order valence-electron chi connectivity index (χ0n) is 16.5. The lowest BCUT2D eigenvalue weighted by Crippen LogP contribution is -2.19. The van der Waals surface area contributed by atoms with Gasteiger partial charge in [-0.15, -0.1) is 0 Å². The highest BCUT2D eigenvalue weighted by Gasteiger charge is 2.30. The minimum atomic E-state index is -0.679. The van der Waals surface area contributed by atoms with Crippen molar-refractivity contribution in [2.45, 2.75) is 25.9 Å². The molecule has 0 fully saturated rings. The van der Waals surface area contributed by atoms with Gasteiger partial charge in [0.25, 0.3) is 5.89 Å². The number of methoxy groups -OCH3 is 1. The summed E-state index contributed by atoms with van der Waals surface area (Å²) in [6.07, 6.45) is 4.42. The summed E-state index contributed by atoms with van der Waals surface area (Å²) in [6.45, 7) is 3.75. The molecule has 0 aliphatic carbocycles. The number of hydrogen-bond donors (Lipinski definition) is 0. The number of benzene rings is 1. The molecule has 3 aromatic heterocycles. The van der Waals surface area contributed by atoms with Crippen LogP contribution in [0.2, 0.25) is 5.02 Å². The van der Waals surface area contributed by atoms with Crippen molar-refractivity contribution >= 4 is 11.6 Å². The van der Waals surface area contributed by atoms with Crippen LogP contribution in [0, 0.1) is 0 Å². The van der Waals surface area contributed by atoms with Gasteiger partial charge in [-0.2, -0.15) is 10.1 Å². The fraction of sp³-hybridized carbons (Fsp3) is 0.300. The van der Waals surface area contributed by atoms with Gasteiger partial charge >= 0.3 is 0 Å². The summed E-state index contributed by atoms with van der Waals surface area (Å²) in [5, 5.41) is 9.48. The van der Waals surface area contributed by atoms with Gasteiger partial charge in [-0.25, -0.2) is 4.98 Å². The molecule has 5 rings (SSSR count). The lowest BCUT2D eigenvalue weighted by atomic mass is 10.0. The van der Waals surface area contributed by atoms with Crippen molar-refractivity contribution in [3.63, 3.8) is 0 Å². The number of ether oxygens (including phenoxy) is 1. The number of aryl methyl sites for hydroxylation is 1. The van der Waals surface area contributed by atoms with Crippen LogP contribution < -0.4 is 0 Å². The molecule has 4 aromatic rings. The lowest BCUT2D eigenvalue weighted by Gasteiger charge is -2.16. The molecular formula is C20H19ClN6O2. The van der Waals surface area contributed by atoms with E-state index >= 15 is 0 Å². The third-order valence-electron chi connectivity index (χ3n) is 5.27. The first-order valence-corrected chi connectivity index (χ1v) is 9.54.